The summed E-state index contributed by atoms with van der Waals surface area (Å²) in [5, 5.41) is 0. The Morgan fingerprint density at radius 1 is 1.46 bits per heavy atom. The summed E-state index contributed by atoms with van der Waals surface area (Å²) in [5.74, 6) is 2.15. The van der Waals surface area contributed by atoms with Gasteiger partial charge in [0, 0.05) is 12.5 Å². The average molecular weight is 182 g/mol. The minimum absolute atomic E-state index is 0.0940. The average Bonchev–Trinajstić information content (AvgIpc) is 2.40. The molecule has 0 aromatic rings. The smallest absolute Gasteiger partial charge is 0.160 e. The second-order valence-electron chi connectivity index (χ2n) is 3.91. The van der Waals surface area contributed by atoms with Gasteiger partial charge in [-0.2, -0.15) is 0 Å². The van der Waals surface area contributed by atoms with Crippen LogP contribution in [0, 0.1) is 17.8 Å². The van der Waals surface area contributed by atoms with Gasteiger partial charge in [0.2, 0.25) is 0 Å². The predicted octanol–water partition coefficient (Wildman–Crippen LogP) is 2.21. The van der Waals surface area contributed by atoms with Crippen LogP contribution in [0.2, 0.25) is 0 Å². The van der Waals surface area contributed by atoms with Gasteiger partial charge in [-0.15, -0.1) is 0 Å². The lowest BCUT2D eigenvalue weighted by Crippen LogP contribution is -2.38. The highest BCUT2D eigenvalue weighted by Crippen LogP contribution is 2.48. The third-order valence-electron chi connectivity index (χ3n) is 3.22. The van der Waals surface area contributed by atoms with Crippen molar-refractivity contribution in [1.29, 1.82) is 0 Å². The predicted molar refractivity (Wildman–Crippen MR) is 51.3 cm³/mol. The largest absolute Gasteiger partial charge is 0.353 e. The zero-order valence-electron chi connectivity index (χ0n) is 8.40. The highest BCUT2D eigenvalue weighted by molar-refractivity contribution is 5.03. The Labute approximate surface area is 79.9 Å². The molecule has 2 heteroatoms. The van der Waals surface area contributed by atoms with Gasteiger partial charge >= 0.3 is 0 Å². The van der Waals surface area contributed by atoms with Crippen LogP contribution in [-0.4, -0.2) is 19.5 Å². The van der Waals surface area contributed by atoms with Crippen molar-refractivity contribution in [3.05, 3.63) is 12.2 Å². The summed E-state index contributed by atoms with van der Waals surface area (Å²) in [6.07, 6.45) is 5.80. The van der Waals surface area contributed by atoms with Crippen LogP contribution in [0.15, 0.2) is 12.2 Å². The summed E-state index contributed by atoms with van der Waals surface area (Å²) < 4.78 is 11.1. The van der Waals surface area contributed by atoms with Gasteiger partial charge in [0.25, 0.3) is 0 Å². The lowest BCUT2D eigenvalue weighted by Gasteiger charge is -2.38. The molecule has 0 spiro atoms. The summed E-state index contributed by atoms with van der Waals surface area (Å²) in [5.41, 5.74) is 0. The van der Waals surface area contributed by atoms with Crippen molar-refractivity contribution in [1.82, 2.24) is 0 Å². The Bertz CT molecular complexity index is 200. The molecule has 0 aromatic heterocycles. The van der Waals surface area contributed by atoms with Crippen LogP contribution < -0.4 is 0 Å². The van der Waals surface area contributed by atoms with Crippen molar-refractivity contribution in [2.45, 2.75) is 26.6 Å². The molecular formula is C11H18O2. The molecule has 74 valence electrons. The molecule has 13 heavy (non-hydrogen) atoms. The summed E-state index contributed by atoms with van der Waals surface area (Å²) in [4.78, 5) is 0. The Kier molecular flexibility index (Phi) is 2.70. The van der Waals surface area contributed by atoms with E-state index in [1.165, 1.54) is 6.42 Å². The van der Waals surface area contributed by atoms with Gasteiger partial charge in [-0.25, -0.2) is 0 Å². The molecule has 2 rings (SSSR count). The van der Waals surface area contributed by atoms with Crippen LogP contribution >= 0.6 is 0 Å². The molecule has 2 nitrogen and oxygen atoms in total. The van der Waals surface area contributed by atoms with E-state index < -0.39 is 0 Å². The van der Waals surface area contributed by atoms with E-state index in [1.807, 2.05) is 6.92 Å². The molecule has 0 radical (unpaired) electrons. The monoisotopic (exact) mass is 182 g/mol. The Morgan fingerprint density at radius 2 is 2.31 bits per heavy atom. The van der Waals surface area contributed by atoms with E-state index in [1.54, 1.807) is 0 Å². The molecule has 1 saturated carbocycles. The first-order valence-corrected chi connectivity index (χ1v) is 5.22. The quantitative estimate of drug-likeness (QED) is 0.623. The zero-order valence-corrected chi connectivity index (χ0v) is 8.40. The molecule has 1 aliphatic heterocycles. The molecule has 2 aliphatic rings. The van der Waals surface area contributed by atoms with Gasteiger partial charge in [-0.1, -0.05) is 12.2 Å². The molecule has 0 unspecified atom stereocenters. The Hall–Kier alpha value is -0.340. The van der Waals surface area contributed by atoms with E-state index >= 15 is 0 Å². The van der Waals surface area contributed by atoms with E-state index in [0.29, 0.717) is 5.92 Å². The first kappa shape index (κ1) is 9.22. The molecule has 0 aromatic carbocycles. The maximum Gasteiger partial charge on any atom is 0.160 e. The van der Waals surface area contributed by atoms with Gasteiger partial charge in [-0.05, 0) is 32.1 Å². The van der Waals surface area contributed by atoms with Crippen molar-refractivity contribution in [3.8, 4) is 0 Å². The van der Waals surface area contributed by atoms with Crippen LogP contribution in [-0.2, 0) is 9.47 Å². The van der Waals surface area contributed by atoms with E-state index in [-0.39, 0.29) is 6.29 Å². The highest BCUT2D eigenvalue weighted by atomic mass is 16.7. The van der Waals surface area contributed by atoms with Crippen molar-refractivity contribution in [2.75, 3.05) is 13.2 Å². The third kappa shape index (κ3) is 1.53. The molecule has 1 heterocycles. The fourth-order valence-electron chi connectivity index (χ4n) is 2.48. The molecule has 2 fully saturated rings. The first-order chi connectivity index (χ1) is 6.36. The number of hydrogen-bond acceptors (Lipinski definition) is 2. The summed E-state index contributed by atoms with van der Waals surface area (Å²) in [6, 6.07) is 0. The zero-order chi connectivity index (χ0) is 9.26. The van der Waals surface area contributed by atoms with Crippen molar-refractivity contribution in [2.24, 2.45) is 17.8 Å². The van der Waals surface area contributed by atoms with Crippen LogP contribution in [0.25, 0.3) is 0 Å². The lowest BCUT2D eigenvalue weighted by molar-refractivity contribution is -0.134. The Morgan fingerprint density at radius 3 is 3.00 bits per heavy atom. The third-order valence-corrected chi connectivity index (χ3v) is 3.22. The maximum absolute atomic E-state index is 5.60. The van der Waals surface area contributed by atoms with Gasteiger partial charge in [0.1, 0.15) is 0 Å². The van der Waals surface area contributed by atoms with Crippen LogP contribution in [0.3, 0.4) is 0 Å². The maximum atomic E-state index is 5.60. The molecule has 0 bridgehead atoms. The fraction of sp³-hybridized carbons (Fsp3) is 0.818. The highest BCUT2D eigenvalue weighted by Gasteiger charge is 2.49. The van der Waals surface area contributed by atoms with E-state index in [4.69, 9.17) is 9.47 Å². The van der Waals surface area contributed by atoms with Crippen LogP contribution in [0.5, 0.6) is 0 Å². The topological polar surface area (TPSA) is 18.5 Å². The molecule has 1 saturated heterocycles. The normalized spacial score (nSPS) is 43.5. The fourth-order valence-corrected chi connectivity index (χ4v) is 2.48. The van der Waals surface area contributed by atoms with Crippen LogP contribution in [0.1, 0.15) is 20.3 Å². The molecule has 0 N–H and O–H groups in total. The molecule has 4 atom stereocenters. The standard InChI is InChI=1S/C11H18O2/c1-3-5-8-6-9-10(8)7-13-11(9)12-4-2/h3,5,8-11H,4,6-7H2,1-2H3/b5-3+/t8-,9-,10+,11-/m0/s1. The van der Waals surface area contributed by atoms with Gasteiger partial charge in [0.15, 0.2) is 6.29 Å². The van der Waals surface area contributed by atoms with E-state index in [9.17, 15) is 0 Å². The van der Waals surface area contributed by atoms with Gasteiger partial charge in [-0.3, -0.25) is 0 Å². The number of ether oxygens (including phenoxy) is 2. The van der Waals surface area contributed by atoms with Gasteiger partial charge in [0.05, 0.1) is 6.61 Å². The number of allylic oxidation sites excluding steroid dienone is 2. The Balaban J connectivity index is 1.87. The van der Waals surface area contributed by atoms with Crippen molar-refractivity contribution < 1.29 is 9.47 Å². The van der Waals surface area contributed by atoms with Crippen LogP contribution in [0.4, 0.5) is 0 Å². The molecule has 0 amide bonds. The number of fused-ring (bicyclic) bond motifs is 1. The summed E-state index contributed by atoms with van der Waals surface area (Å²) in [6.45, 7) is 5.77. The lowest BCUT2D eigenvalue weighted by atomic mass is 9.66. The number of hydrogen-bond donors (Lipinski definition) is 0. The summed E-state index contributed by atoms with van der Waals surface area (Å²) in [7, 11) is 0. The van der Waals surface area contributed by atoms with E-state index in [0.717, 1.165) is 25.0 Å². The van der Waals surface area contributed by atoms with E-state index in [2.05, 4.69) is 19.1 Å². The minimum Gasteiger partial charge on any atom is -0.353 e. The SMILES string of the molecule is C/C=C/[C@H]1C[C@@H]2[C@@H](OCC)OC[C@@H]21. The molecular weight excluding hydrogens is 164 g/mol. The van der Waals surface area contributed by atoms with Crippen molar-refractivity contribution in [3.63, 3.8) is 0 Å². The first-order valence-electron chi connectivity index (χ1n) is 5.22. The molecule has 1 aliphatic carbocycles. The summed E-state index contributed by atoms with van der Waals surface area (Å²) >= 11 is 0. The second-order valence-corrected chi connectivity index (χ2v) is 3.91. The van der Waals surface area contributed by atoms with Crippen molar-refractivity contribution >= 4 is 0 Å². The minimum atomic E-state index is 0.0940. The number of rotatable bonds is 3. The second kappa shape index (κ2) is 3.81. The van der Waals surface area contributed by atoms with Gasteiger partial charge < -0.3 is 9.47 Å².